The molecule has 1 aromatic heterocycles. The summed E-state index contributed by atoms with van der Waals surface area (Å²) in [5.74, 6) is -0.440. The number of nitrogens with one attached hydrogen (secondary N) is 2. The highest BCUT2D eigenvalue weighted by atomic mass is 32.2. The molecule has 0 spiro atoms. The molecule has 1 saturated heterocycles. The van der Waals surface area contributed by atoms with Crippen LogP contribution in [-0.4, -0.2) is 68.5 Å². The van der Waals surface area contributed by atoms with E-state index in [4.69, 9.17) is 23.8 Å². The first-order chi connectivity index (χ1) is 14.7. The number of carbonyl (C=O) groups excluding carboxylic acids is 1. The van der Waals surface area contributed by atoms with Crippen LogP contribution in [0.25, 0.3) is 10.9 Å². The molecule has 1 aliphatic rings. The summed E-state index contributed by atoms with van der Waals surface area (Å²) in [6.45, 7) is 1.77. The summed E-state index contributed by atoms with van der Waals surface area (Å²) in [7, 11) is 2.95. The zero-order chi connectivity index (χ0) is 21.2. The maximum absolute atomic E-state index is 12.1. The maximum Gasteiger partial charge on any atom is 0.335 e. The van der Waals surface area contributed by atoms with Crippen molar-refractivity contribution < 1.29 is 28.6 Å². The lowest BCUT2D eigenvalue weighted by molar-refractivity contribution is -0.272. The van der Waals surface area contributed by atoms with Gasteiger partial charge in [0.05, 0.1) is 20.3 Å². The van der Waals surface area contributed by atoms with E-state index >= 15 is 0 Å². The van der Waals surface area contributed by atoms with Gasteiger partial charge in [-0.05, 0) is 18.1 Å². The van der Waals surface area contributed by atoms with Crippen LogP contribution < -0.4 is 5.48 Å². The Bertz CT molecular complexity index is 793. The number of ether oxygens (including phenoxy) is 4. The fourth-order valence-corrected chi connectivity index (χ4v) is 4.11. The number of carbonyl (C=O) groups is 1. The number of para-hydroxylation sites is 1. The second-order valence-corrected chi connectivity index (χ2v) is 7.97. The van der Waals surface area contributed by atoms with Gasteiger partial charge >= 0.3 is 5.97 Å². The summed E-state index contributed by atoms with van der Waals surface area (Å²) >= 11 is 1.45. The summed E-state index contributed by atoms with van der Waals surface area (Å²) in [6, 6.07) is 8.22. The standard InChI is InChI=1S/C21H30N2O6S/c1-25-20(24)19(29-21(26-2)8-11-27-12-9-21)14-30-15-28-23-10-7-16-13-22-18-6-4-3-5-17(16)18/h3-6,13,19,22-23H,7-12,14-15H2,1-2H3. The first kappa shape index (κ1) is 23.1. The van der Waals surface area contributed by atoms with Crippen LogP contribution in [0.2, 0.25) is 0 Å². The average Bonchev–Trinajstić information content (AvgIpc) is 3.21. The Morgan fingerprint density at radius 3 is 2.87 bits per heavy atom. The van der Waals surface area contributed by atoms with E-state index in [2.05, 4.69) is 22.6 Å². The van der Waals surface area contributed by atoms with Crippen LogP contribution in [0.3, 0.4) is 0 Å². The Balaban J connectivity index is 1.37. The fourth-order valence-electron chi connectivity index (χ4n) is 3.43. The highest BCUT2D eigenvalue weighted by Gasteiger charge is 2.38. The van der Waals surface area contributed by atoms with Gasteiger partial charge in [0, 0.05) is 49.3 Å². The molecule has 1 atom stereocenters. The quantitative estimate of drug-likeness (QED) is 0.226. The van der Waals surface area contributed by atoms with Crippen molar-refractivity contribution in [1.82, 2.24) is 10.5 Å². The van der Waals surface area contributed by atoms with Crippen LogP contribution in [-0.2, 0) is 35.0 Å². The summed E-state index contributed by atoms with van der Waals surface area (Å²) < 4.78 is 21.8. The molecule has 1 fully saturated rings. The van der Waals surface area contributed by atoms with Crippen LogP contribution >= 0.6 is 11.8 Å². The molecular formula is C21H30N2O6S. The first-order valence-corrected chi connectivity index (χ1v) is 11.2. The van der Waals surface area contributed by atoms with Crippen molar-refractivity contribution >= 4 is 28.6 Å². The van der Waals surface area contributed by atoms with Gasteiger partial charge < -0.3 is 23.9 Å². The largest absolute Gasteiger partial charge is 0.467 e. The smallest absolute Gasteiger partial charge is 0.335 e. The van der Waals surface area contributed by atoms with Crippen LogP contribution in [0.1, 0.15) is 18.4 Å². The Hall–Kier alpha value is -1.62. The molecule has 1 unspecified atom stereocenters. The maximum atomic E-state index is 12.1. The second kappa shape index (κ2) is 11.7. The second-order valence-electron chi connectivity index (χ2n) is 6.99. The van der Waals surface area contributed by atoms with E-state index in [0.29, 0.717) is 44.3 Å². The van der Waals surface area contributed by atoms with Crippen LogP contribution in [0.4, 0.5) is 0 Å². The molecule has 9 heteroatoms. The number of methoxy groups -OCH3 is 2. The van der Waals surface area contributed by atoms with Crippen molar-refractivity contribution in [2.45, 2.75) is 31.2 Å². The number of aromatic nitrogens is 1. The third-order valence-electron chi connectivity index (χ3n) is 5.13. The van der Waals surface area contributed by atoms with E-state index in [9.17, 15) is 4.79 Å². The highest BCUT2D eigenvalue weighted by molar-refractivity contribution is 7.99. The molecule has 2 N–H and O–H groups in total. The lowest BCUT2D eigenvalue weighted by Crippen LogP contribution is -2.46. The zero-order valence-corrected chi connectivity index (χ0v) is 18.3. The van der Waals surface area contributed by atoms with Crippen molar-refractivity contribution in [2.24, 2.45) is 0 Å². The first-order valence-electron chi connectivity index (χ1n) is 10.0. The average molecular weight is 439 g/mol. The van der Waals surface area contributed by atoms with E-state index in [1.807, 2.05) is 18.3 Å². The van der Waals surface area contributed by atoms with Crippen molar-refractivity contribution in [1.29, 1.82) is 0 Å². The molecule has 2 heterocycles. The van der Waals surface area contributed by atoms with Crippen LogP contribution in [0.15, 0.2) is 30.5 Å². The summed E-state index contributed by atoms with van der Waals surface area (Å²) in [5, 5.41) is 1.23. The predicted octanol–water partition coefficient (Wildman–Crippen LogP) is 2.63. The molecule has 0 radical (unpaired) electrons. The monoisotopic (exact) mass is 438 g/mol. The molecule has 30 heavy (non-hydrogen) atoms. The highest BCUT2D eigenvalue weighted by Crippen LogP contribution is 2.28. The molecule has 0 amide bonds. The molecule has 1 aromatic carbocycles. The molecular weight excluding hydrogens is 408 g/mol. The van der Waals surface area contributed by atoms with Crippen molar-refractivity contribution in [2.75, 3.05) is 45.7 Å². The van der Waals surface area contributed by atoms with Gasteiger partial charge in [-0.25, -0.2) is 10.3 Å². The summed E-state index contributed by atoms with van der Waals surface area (Å²) in [6.07, 6.45) is 3.30. The number of hydroxylamine groups is 1. The van der Waals surface area contributed by atoms with Gasteiger partial charge in [0.2, 0.25) is 0 Å². The number of H-pyrrole nitrogens is 1. The number of fused-ring (bicyclic) bond motifs is 1. The number of aromatic amines is 1. The van der Waals surface area contributed by atoms with Gasteiger partial charge in [0.25, 0.3) is 0 Å². The molecule has 1 aliphatic heterocycles. The van der Waals surface area contributed by atoms with Crippen molar-refractivity contribution in [3.8, 4) is 0 Å². The number of rotatable bonds is 12. The Morgan fingerprint density at radius 2 is 2.10 bits per heavy atom. The number of esters is 1. The van der Waals surface area contributed by atoms with Gasteiger partial charge in [-0.2, -0.15) is 0 Å². The number of thioether (sulfide) groups is 1. The Labute approximate surface area is 180 Å². The van der Waals surface area contributed by atoms with E-state index in [1.165, 1.54) is 29.8 Å². The van der Waals surface area contributed by atoms with E-state index in [0.717, 1.165) is 11.9 Å². The molecule has 0 saturated carbocycles. The topological polar surface area (TPSA) is 91.0 Å². The zero-order valence-electron chi connectivity index (χ0n) is 17.5. The minimum Gasteiger partial charge on any atom is -0.467 e. The lowest BCUT2D eigenvalue weighted by atomic mass is 10.1. The molecule has 2 aromatic rings. The van der Waals surface area contributed by atoms with Gasteiger partial charge in [-0.15, -0.1) is 11.8 Å². The molecule has 0 bridgehead atoms. The Kier molecular flexibility index (Phi) is 8.98. The van der Waals surface area contributed by atoms with E-state index in [1.54, 1.807) is 7.11 Å². The third kappa shape index (κ3) is 6.19. The summed E-state index contributed by atoms with van der Waals surface area (Å²) in [5.41, 5.74) is 5.35. The van der Waals surface area contributed by atoms with Crippen molar-refractivity contribution in [3.63, 3.8) is 0 Å². The lowest BCUT2D eigenvalue weighted by Gasteiger charge is -2.37. The number of benzene rings is 1. The SMILES string of the molecule is COC(=O)C(CSCONCCc1c[nH]c2ccccc12)OC1(OC)CCOCC1. The minimum atomic E-state index is -0.809. The van der Waals surface area contributed by atoms with Crippen LogP contribution in [0.5, 0.6) is 0 Å². The summed E-state index contributed by atoms with van der Waals surface area (Å²) in [4.78, 5) is 20.9. The normalized spacial score (nSPS) is 17.1. The molecule has 3 rings (SSSR count). The predicted molar refractivity (Wildman–Crippen MR) is 115 cm³/mol. The molecule has 0 aliphatic carbocycles. The van der Waals surface area contributed by atoms with E-state index in [-0.39, 0.29) is 0 Å². The van der Waals surface area contributed by atoms with Crippen molar-refractivity contribution in [3.05, 3.63) is 36.0 Å². The van der Waals surface area contributed by atoms with E-state index < -0.39 is 17.9 Å². The molecule has 166 valence electrons. The van der Waals surface area contributed by atoms with Gasteiger partial charge in [0.15, 0.2) is 11.9 Å². The number of hydrogen-bond donors (Lipinski definition) is 2. The van der Waals surface area contributed by atoms with Gasteiger partial charge in [-0.3, -0.25) is 4.84 Å². The molecule has 8 nitrogen and oxygen atoms in total. The fraction of sp³-hybridized carbons (Fsp3) is 0.571. The van der Waals surface area contributed by atoms with Crippen LogP contribution in [0, 0.1) is 0 Å². The third-order valence-corrected chi connectivity index (χ3v) is 5.96. The van der Waals surface area contributed by atoms with Gasteiger partial charge in [-0.1, -0.05) is 18.2 Å². The minimum absolute atomic E-state index is 0.383. The number of hydrogen-bond acceptors (Lipinski definition) is 8. The van der Waals surface area contributed by atoms with Gasteiger partial charge in [0.1, 0.15) is 5.94 Å². The Morgan fingerprint density at radius 1 is 1.30 bits per heavy atom.